The minimum Gasteiger partial charge on any atom is -0.343 e. The molecule has 1 aliphatic rings. The Balaban J connectivity index is 1.47. The smallest absolute Gasteiger partial charge is 0.0571 e. The molecule has 0 atom stereocenters. The van der Waals surface area contributed by atoms with Crippen LogP contribution in [0.5, 0.6) is 0 Å². The third-order valence-electron chi connectivity index (χ3n) is 8.53. The van der Waals surface area contributed by atoms with Crippen molar-refractivity contribution in [2.75, 3.05) is 0 Å². The van der Waals surface area contributed by atoms with Gasteiger partial charge in [-0.3, -0.25) is 0 Å². The van der Waals surface area contributed by atoms with Crippen LogP contribution in [-0.2, 0) is 12.5 Å². The second kappa shape index (κ2) is 6.67. The zero-order chi connectivity index (χ0) is 24.2. The van der Waals surface area contributed by atoms with Crippen LogP contribution in [0.25, 0.3) is 60.4 Å². The van der Waals surface area contributed by atoms with Crippen molar-refractivity contribution >= 4 is 43.6 Å². The predicted octanol–water partition coefficient (Wildman–Crippen LogP) is 8.73. The highest BCUT2D eigenvalue weighted by molar-refractivity contribution is 6.15. The van der Waals surface area contributed by atoms with Gasteiger partial charge in [0.15, 0.2) is 0 Å². The maximum atomic E-state index is 2.41. The fourth-order valence-corrected chi connectivity index (χ4v) is 6.83. The SMILES string of the molecule is Cn1c2ccc(-n3c4ccccc4c4ccccc43)cc2c2ccc3c(c21)-c1ccccc1C3(C)C. The molecule has 5 aromatic carbocycles. The summed E-state index contributed by atoms with van der Waals surface area (Å²) in [5.74, 6) is 0. The minimum atomic E-state index is 0.00467. The van der Waals surface area contributed by atoms with Crippen molar-refractivity contribution in [1.29, 1.82) is 0 Å². The van der Waals surface area contributed by atoms with Gasteiger partial charge in [0.2, 0.25) is 0 Å². The van der Waals surface area contributed by atoms with Gasteiger partial charge >= 0.3 is 0 Å². The molecule has 0 amide bonds. The second-order valence-corrected chi connectivity index (χ2v) is 10.7. The molecule has 2 nitrogen and oxygen atoms in total. The molecule has 0 fully saturated rings. The van der Waals surface area contributed by atoms with Gasteiger partial charge in [0.25, 0.3) is 0 Å². The van der Waals surface area contributed by atoms with E-state index in [2.05, 4.69) is 133 Å². The van der Waals surface area contributed by atoms with Crippen LogP contribution in [0.2, 0.25) is 0 Å². The molecule has 2 heterocycles. The first-order valence-electron chi connectivity index (χ1n) is 12.7. The fourth-order valence-electron chi connectivity index (χ4n) is 6.83. The number of nitrogens with zero attached hydrogens (tertiary/aromatic N) is 2. The summed E-state index contributed by atoms with van der Waals surface area (Å²) >= 11 is 0. The lowest BCUT2D eigenvalue weighted by atomic mass is 9.82. The van der Waals surface area contributed by atoms with Crippen molar-refractivity contribution in [1.82, 2.24) is 9.13 Å². The predicted molar refractivity (Wildman–Crippen MR) is 152 cm³/mol. The average molecular weight is 463 g/mol. The largest absolute Gasteiger partial charge is 0.343 e. The second-order valence-electron chi connectivity index (χ2n) is 10.7. The number of hydrogen-bond donors (Lipinski definition) is 0. The van der Waals surface area contributed by atoms with E-state index in [1.165, 1.54) is 71.6 Å². The van der Waals surface area contributed by atoms with E-state index >= 15 is 0 Å². The molecule has 0 spiro atoms. The molecule has 0 saturated heterocycles. The minimum absolute atomic E-state index is 0.00467. The summed E-state index contributed by atoms with van der Waals surface area (Å²) in [7, 11) is 2.22. The van der Waals surface area contributed by atoms with Crippen LogP contribution in [0.4, 0.5) is 0 Å². The molecule has 1 aliphatic carbocycles. The Morgan fingerprint density at radius 1 is 0.556 bits per heavy atom. The number of aromatic nitrogens is 2. The first-order chi connectivity index (χ1) is 17.6. The summed E-state index contributed by atoms with van der Waals surface area (Å²) in [4.78, 5) is 0. The maximum Gasteiger partial charge on any atom is 0.0571 e. The standard InChI is InChI=1S/C34H26N2/c1-34(2)27-13-7-4-12-25(27)32-28(34)18-17-24-26-20-21(16-19-29(26)35(3)33(24)32)36-30-14-8-5-10-22(30)23-11-6-9-15-31(23)36/h4-20H,1-3H3. The maximum absolute atomic E-state index is 2.41. The van der Waals surface area contributed by atoms with Gasteiger partial charge in [0.05, 0.1) is 16.6 Å². The zero-order valence-corrected chi connectivity index (χ0v) is 20.7. The van der Waals surface area contributed by atoms with Crippen LogP contribution in [-0.4, -0.2) is 9.13 Å². The molecule has 0 saturated carbocycles. The third-order valence-corrected chi connectivity index (χ3v) is 8.53. The van der Waals surface area contributed by atoms with Gasteiger partial charge in [-0.1, -0.05) is 86.6 Å². The zero-order valence-electron chi connectivity index (χ0n) is 20.7. The Hall–Kier alpha value is -4.30. The molecular weight excluding hydrogens is 436 g/mol. The van der Waals surface area contributed by atoms with Crippen molar-refractivity contribution in [2.24, 2.45) is 7.05 Å². The van der Waals surface area contributed by atoms with E-state index in [4.69, 9.17) is 0 Å². The Kier molecular flexibility index (Phi) is 3.70. The quantitative estimate of drug-likeness (QED) is 0.231. The number of para-hydroxylation sites is 2. The summed E-state index contributed by atoms with van der Waals surface area (Å²) in [6, 6.07) is 38.1. The summed E-state index contributed by atoms with van der Waals surface area (Å²) in [5.41, 5.74) is 11.9. The van der Waals surface area contributed by atoms with Crippen LogP contribution < -0.4 is 0 Å². The molecular formula is C34H26N2. The van der Waals surface area contributed by atoms with E-state index in [9.17, 15) is 0 Å². The van der Waals surface area contributed by atoms with Gasteiger partial charge in [-0.05, 0) is 47.0 Å². The monoisotopic (exact) mass is 462 g/mol. The Labute approximate surface area is 210 Å². The molecule has 2 aromatic heterocycles. The summed E-state index contributed by atoms with van der Waals surface area (Å²) in [6.07, 6.45) is 0. The third kappa shape index (κ3) is 2.32. The molecule has 36 heavy (non-hydrogen) atoms. The molecule has 7 aromatic rings. The van der Waals surface area contributed by atoms with E-state index in [-0.39, 0.29) is 5.41 Å². The number of benzene rings is 5. The van der Waals surface area contributed by atoms with E-state index in [0.29, 0.717) is 0 Å². The molecule has 0 N–H and O–H groups in total. The number of hydrogen-bond acceptors (Lipinski definition) is 0. The van der Waals surface area contributed by atoms with Crippen LogP contribution in [0, 0.1) is 0 Å². The van der Waals surface area contributed by atoms with Gasteiger partial charge in [0, 0.05) is 50.8 Å². The van der Waals surface area contributed by atoms with Gasteiger partial charge in [-0.25, -0.2) is 0 Å². The Bertz CT molecular complexity index is 1980. The van der Waals surface area contributed by atoms with E-state index < -0.39 is 0 Å². The first kappa shape index (κ1) is 19.9. The molecule has 0 bridgehead atoms. The lowest BCUT2D eigenvalue weighted by Gasteiger charge is -2.21. The van der Waals surface area contributed by atoms with Crippen molar-refractivity contribution in [3.8, 4) is 16.8 Å². The van der Waals surface area contributed by atoms with E-state index in [1.54, 1.807) is 0 Å². The van der Waals surface area contributed by atoms with Crippen molar-refractivity contribution in [3.05, 3.63) is 114 Å². The van der Waals surface area contributed by atoms with Crippen molar-refractivity contribution in [3.63, 3.8) is 0 Å². The van der Waals surface area contributed by atoms with Crippen LogP contribution in [0.1, 0.15) is 25.0 Å². The van der Waals surface area contributed by atoms with E-state index in [1.807, 2.05) is 0 Å². The lowest BCUT2D eigenvalue weighted by molar-refractivity contribution is 0.660. The van der Waals surface area contributed by atoms with Crippen molar-refractivity contribution in [2.45, 2.75) is 19.3 Å². The van der Waals surface area contributed by atoms with Gasteiger partial charge in [-0.2, -0.15) is 0 Å². The molecule has 0 radical (unpaired) electrons. The molecule has 0 unspecified atom stereocenters. The van der Waals surface area contributed by atoms with Gasteiger partial charge in [0.1, 0.15) is 0 Å². The van der Waals surface area contributed by atoms with Crippen LogP contribution >= 0.6 is 0 Å². The fraction of sp³-hybridized carbons (Fsp3) is 0.118. The molecule has 172 valence electrons. The lowest BCUT2D eigenvalue weighted by Crippen LogP contribution is -2.14. The highest BCUT2D eigenvalue weighted by Crippen LogP contribution is 2.52. The molecule has 8 rings (SSSR count). The average Bonchev–Trinajstić information content (AvgIpc) is 3.48. The summed E-state index contributed by atoms with van der Waals surface area (Å²) in [6.45, 7) is 4.71. The van der Waals surface area contributed by atoms with Gasteiger partial charge in [-0.15, -0.1) is 0 Å². The molecule has 0 aliphatic heterocycles. The van der Waals surface area contributed by atoms with Crippen molar-refractivity contribution < 1.29 is 0 Å². The topological polar surface area (TPSA) is 9.86 Å². The summed E-state index contributed by atoms with van der Waals surface area (Å²) in [5, 5.41) is 5.21. The number of aryl methyl sites for hydroxylation is 1. The van der Waals surface area contributed by atoms with Crippen LogP contribution in [0.3, 0.4) is 0 Å². The highest BCUT2D eigenvalue weighted by atomic mass is 15.0. The normalized spacial score (nSPS) is 14.2. The number of fused-ring (bicyclic) bond motifs is 10. The molecule has 2 heteroatoms. The Morgan fingerprint density at radius 2 is 1.22 bits per heavy atom. The first-order valence-corrected chi connectivity index (χ1v) is 12.7. The van der Waals surface area contributed by atoms with E-state index in [0.717, 1.165) is 0 Å². The van der Waals surface area contributed by atoms with Crippen LogP contribution in [0.15, 0.2) is 103 Å². The Morgan fingerprint density at radius 3 is 1.97 bits per heavy atom. The number of rotatable bonds is 1. The highest BCUT2D eigenvalue weighted by Gasteiger charge is 2.37. The van der Waals surface area contributed by atoms with Gasteiger partial charge < -0.3 is 9.13 Å². The summed E-state index contributed by atoms with van der Waals surface area (Å²) < 4.78 is 4.81.